The number of hydrogen-bond donors (Lipinski definition) is 2. The summed E-state index contributed by atoms with van der Waals surface area (Å²) in [5.41, 5.74) is 0. The smallest absolute Gasteiger partial charge is 0.322 e. The first-order valence-electron chi connectivity index (χ1n) is 4.77. The molecule has 1 heterocycles. The van der Waals surface area contributed by atoms with Gasteiger partial charge in [-0.25, -0.2) is 4.79 Å². The molecule has 2 atom stereocenters. The molecule has 7 heteroatoms. The molecule has 0 saturated carbocycles. The van der Waals surface area contributed by atoms with Crippen LogP contribution >= 0.6 is 7.37 Å². The van der Waals surface area contributed by atoms with Crippen molar-refractivity contribution in [1.82, 2.24) is 10.6 Å². The normalized spacial score (nSPS) is 24.5. The summed E-state index contributed by atoms with van der Waals surface area (Å²) >= 11 is 0. The lowest BCUT2D eigenvalue weighted by molar-refractivity contribution is -0.120. The summed E-state index contributed by atoms with van der Waals surface area (Å²) in [6.07, 6.45) is 0.630. The van der Waals surface area contributed by atoms with Gasteiger partial charge in [-0.15, -0.1) is 0 Å². The van der Waals surface area contributed by atoms with E-state index in [0.717, 1.165) is 0 Å². The van der Waals surface area contributed by atoms with E-state index in [1.54, 1.807) is 6.92 Å². The predicted molar refractivity (Wildman–Crippen MR) is 55.1 cm³/mol. The fourth-order valence-corrected chi connectivity index (χ4v) is 2.77. The highest BCUT2D eigenvalue weighted by molar-refractivity contribution is 7.58. The van der Waals surface area contributed by atoms with Crippen molar-refractivity contribution in [3.63, 3.8) is 0 Å². The first-order chi connectivity index (χ1) is 6.94. The molecule has 0 aromatic carbocycles. The molecule has 3 amide bonds. The van der Waals surface area contributed by atoms with Crippen LogP contribution in [-0.4, -0.2) is 37.4 Å². The molecule has 0 radical (unpaired) electrons. The van der Waals surface area contributed by atoms with Gasteiger partial charge in [0, 0.05) is 12.8 Å². The van der Waals surface area contributed by atoms with Crippen molar-refractivity contribution in [3.05, 3.63) is 0 Å². The van der Waals surface area contributed by atoms with E-state index in [1.807, 2.05) is 0 Å². The second-order valence-corrected chi connectivity index (χ2v) is 6.19. The SMILES string of the molecule is CCOP(C)(=O)CC[C@H]1NC(=O)NC1=O. The number of imide groups is 1. The topological polar surface area (TPSA) is 84.5 Å². The van der Waals surface area contributed by atoms with E-state index >= 15 is 0 Å². The van der Waals surface area contributed by atoms with E-state index in [9.17, 15) is 14.2 Å². The van der Waals surface area contributed by atoms with Gasteiger partial charge in [0.1, 0.15) is 6.04 Å². The van der Waals surface area contributed by atoms with E-state index in [0.29, 0.717) is 19.2 Å². The van der Waals surface area contributed by atoms with Crippen LogP contribution in [0, 0.1) is 0 Å². The molecule has 1 saturated heterocycles. The Balaban J connectivity index is 2.40. The second kappa shape index (κ2) is 4.77. The summed E-state index contributed by atoms with van der Waals surface area (Å²) in [7, 11) is -2.62. The summed E-state index contributed by atoms with van der Waals surface area (Å²) in [5.74, 6) is -0.364. The van der Waals surface area contributed by atoms with Crippen LogP contribution in [0.15, 0.2) is 0 Å². The Hall–Kier alpha value is -0.870. The number of carbonyl (C=O) groups is 2. The molecule has 0 aliphatic carbocycles. The molecule has 0 aromatic rings. The van der Waals surface area contributed by atoms with Crippen LogP contribution in [0.3, 0.4) is 0 Å². The highest BCUT2D eigenvalue weighted by Crippen LogP contribution is 2.43. The largest absolute Gasteiger partial charge is 0.329 e. The highest BCUT2D eigenvalue weighted by atomic mass is 31.2. The van der Waals surface area contributed by atoms with Gasteiger partial charge in [0.2, 0.25) is 0 Å². The third kappa shape index (κ3) is 3.64. The summed E-state index contributed by atoms with van der Waals surface area (Å²) in [5, 5.41) is 4.56. The molecule has 1 aliphatic heterocycles. The number of carbonyl (C=O) groups excluding carboxylic acids is 2. The molecule has 6 nitrogen and oxygen atoms in total. The zero-order valence-electron chi connectivity index (χ0n) is 8.78. The Morgan fingerprint density at radius 2 is 2.13 bits per heavy atom. The van der Waals surface area contributed by atoms with Crippen LogP contribution in [0.25, 0.3) is 0 Å². The summed E-state index contributed by atoms with van der Waals surface area (Å²) in [4.78, 5) is 21.9. The minimum Gasteiger partial charge on any atom is -0.329 e. The number of nitrogens with one attached hydrogen (secondary N) is 2. The molecule has 2 N–H and O–H groups in total. The molecule has 1 rings (SSSR count). The fraction of sp³-hybridized carbons (Fsp3) is 0.750. The maximum Gasteiger partial charge on any atom is 0.322 e. The zero-order valence-corrected chi connectivity index (χ0v) is 9.67. The fourth-order valence-electron chi connectivity index (χ4n) is 1.36. The van der Waals surface area contributed by atoms with Crippen molar-refractivity contribution in [2.45, 2.75) is 19.4 Å². The molecule has 0 bridgehead atoms. The van der Waals surface area contributed by atoms with Gasteiger partial charge in [0.25, 0.3) is 5.91 Å². The molecular weight excluding hydrogens is 219 g/mol. The zero-order chi connectivity index (χ0) is 11.5. The predicted octanol–water partition coefficient (Wildman–Crippen LogP) is 0.529. The molecule has 15 heavy (non-hydrogen) atoms. The second-order valence-electron chi connectivity index (χ2n) is 3.46. The van der Waals surface area contributed by atoms with Crippen molar-refractivity contribution in [2.24, 2.45) is 0 Å². The van der Waals surface area contributed by atoms with Crippen molar-refractivity contribution >= 4 is 19.3 Å². The monoisotopic (exact) mass is 234 g/mol. The van der Waals surface area contributed by atoms with E-state index < -0.39 is 19.4 Å². The summed E-state index contributed by atoms with van der Waals surface area (Å²) in [6, 6.07) is -1.07. The van der Waals surface area contributed by atoms with Gasteiger partial charge in [-0.2, -0.15) is 0 Å². The Kier molecular flexibility index (Phi) is 3.88. The lowest BCUT2D eigenvalue weighted by Gasteiger charge is -2.13. The number of hydrogen-bond acceptors (Lipinski definition) is 4. The summed E-state index contributed by atoms with van der Waals surface area (Å²) in [6.45, 7) is 3.68. The third-order valence-corrected chi connectivity index (χ3v) is 3.96. The molecule has 1 aliphatic rings. The van der Waals surface area contributed by atoms with Crippen molar-refractivity contribution in [1.29, 1.82) is 0 Å². The van der Waals surface area contributed by atoms with Crippen LogP contribution < -0.4 is 10.6 Å². The van der Waals surface area contributed by atoms with Gasteiger partial charge in [0.15, 0.2) is 7.37 Å². The van der Waals surface area contributed by atoms with Crippen molar-refractivity contribution in [2.75, 3.05) is 19.4 Å². The molecular formula is C8H15N2O4P. The molecule has 0 aromatic heterocycles. The van der Waals surface area contributed by atoms with E-state index in [2.05, 4.69) is 10.6 Å². The van der Waals surface area contributed by atoms with Gasteiger partial charge >= 0.3 is 6.03 Å². The van der Waals surface area contributed by atoms with Gasteiger partial charge in [-0.3, -0.25) is 14.7 Å². The maximum atomic E-state index is 11.7. The highest BCUT2D eigenvalue weighted by Gasteiger charge is 2.30. The van der Waals surface area contributed by atoms with Gasteiger partial charge in [-0.1, -0.05) is 0 Å². The Morgan fingerprint density at radius 1 is 1.47 bits per heavy atom. The Bertz CT molecular complexity index is 318. The van der Waals surface area contributed by atoms with Crippen LogP contribution in [0.2, 0.25) is 0 Å². The van der Waals surface area contributed by atoms with Gasteiger partial charge < -0.3 is 9.84 Å². The van der Waals surface area contributed by atoms with Gasteiger partial charge in [-0.05, 0) is 13.3 Å². The Morgan fingerprint density at radius 3 is 2.60 bits per heavy atom. The number of urea groups is 1. The van der Waals surface area contributed by atoms with Gasteiger partial charge in [0.05, 0.1) is 6.61 Å². The first kappa shape index (κ1) is 12.2. The number of rotatable bonds is 5. The summed E-state index contributed by atoms with van der Waals surface area (Å²) < 4.78 is 16.8. The molecule has 0 spiro atoms. The molecule has 86 valence electrons. The van der Waals surface area contributed by atoms with E-state index in [1.165, 1.54) is 6.66 Å². The minimum absolute atomic E-state index is 0.291. The Labute approximate surface area is 88.2 Å². The average Bonchev–Trinajstić information content (AvgIpc) is 2.42. The average molecular weight is 234 g/mol. The number of amides is 3. The van der Waals surface area contributed by atoms with Crippen LogP contribution in [-0.2, 0) is 13.9 Å². The van der Waals surface area contributed by atoms with Crippen LogP contribution in [0.5, 0.6) is 0 Å². The standard InChI is InChI=1S/C8H15N2O4P/c1-3-14-15(2,13)5-4-6-7(11)10-8(12)9-6/h6H,3-5H2,1-2H3,(H2,9,10,11,12)/t6-,15?/m1/s1. The quantitative estimate of drug-likeness (QED) is 0.536. The minimum atomic E-state index is -2.62. The van der Waals surface area contributed by atoms with Crippen molar-refractivity contribution < 1.29 is 18.7 Å². The van der Waals surface area contributed by atoms with Crippen LogP contribution in [0.1, 0.15) is 13.3 Å². The first-order valence-corrected chi connectivity index (χ1v) is 7.03. The third-order valence-electron chi connectivity index (χ3n) is 2.08. The van der Waals surface area contributed by atoms with E-state index in [4.69, 9.17) is 4.52 Å². The lowest BCUT2D eigenvalue weighted by atomic mass is 10.2. The lowest BCUT2D eigenvalue weighted by Crippen LogP contribution is -2.29. The maximum absolute atomic E-state index is 11.7. The van der Waals surface area contributed by atoms with E-state index in [-0.39, 0.29) is 5.91 Å². The molecule has 1 unspecified atom stereocenters. The van der Waals surface area contributed by atoms with Crippen molar-refractivity contribution in [3.8, 4) is 0 Å². The van der Waals surface area contributed by atoms with Crippen LogP contribution in [0.4, 0.5) is 4.79 Å². The molecule has 1 fully saturated rings.